The second-order valence-corrected chi connectivity index (χ2v) is 4.07. The van der Waals surface area contributed by atoms with Gasteiger partial charge in [-0.15, -0.1) is 0 Å². The molecule has 0 N–H and O–H groups in total. The van der Waals surface area contributed by atoms with Crippen molar-refractivity contribution in [2.75, 3.05) is 7.11 Å². The number of hydrogen-bond acceptors (Lipinski definition) is 3. The summed E-state index contributed by atoms with van der Waals surface area (Å²) in [5, 5.41) is -0.0544. The minimum Gasteiger partial charge on any atom is -0.378 e. The lowest BCUT2D eigenvalue weighted by molar-refractivity contribution is -0.128. The van der Waals surface area contributed by atoms with Gasteiger partial charge < -0.3 is 4.74 Å². The first-order valence-electron chi connectivity index (χ1n) is 4.10. The SMILES string of the molecule is COCc1nc(CC(F)(F)F)nc(Cl)c1Br. The minimum absolute atomic E-state index is 0.0544. The van der Waals surface area contributed by atoms with Crippen LogP contribution in [0.1, 0.15) is 11.5 Å². The standard InChI is InChI=1S/C8H7BrClF3N2O/c1-16-3-4-6(9)7(10)15-5(14-4)2-8(11,12)13/h2-3H2,1H3. The molecule has 0 aromatic carbocycles. The van der Waals surface area contributed by atoms with E-state index in [9.17, 15) is 13.2 Å². The summed E-state index contributed by atoms with van der Waals surface area (Å²) in [4.78, 5) is 7.25. The molecule has 0 aliphatic carbocycles. The highest BCUT2D eigenvalue weighted by atomic mass is 79.9. The fourth-order valence-electron chi connectivity index (χ4n) is 1.00. The quantitative estimate of drug-likeness (QED) is 0.803. The maximum absolute atomic E-state index is 12.1. The molecule has 1 aromatic heterocycles. The summed E-state index contributed by atoms with van der Waals surface area (Å²) in [6.07, 6.45) is -5.57. The van der Waals surface area contributed by atoms with Crippen molar-refractivity contribution in [3.05, 3.63) is 21.1 Å². The van der Waals surface area contributed by atoms with E-state index in [-0.39, 0.29) is 17.6 Å². The number of aromatic nitrogens is 2. The fourth-order valence-corrected chi connectivity index (χ4v) is 1.50. The average molecular weight is 320 g/mol. The molecule has 16 heavy (non-hydrogen) atoms. The molecule has 0 atom stereocenters. The highest BCUT2D eigenvalue weighted by molar-refractivity contribution is 9.10. The normalized spacial score (nSPS) is 11.9. The lowest BCUT2D eigenvalue weighted by atomic mass is 10.3. The summed E-state index contributed by atoms with van der Waals surface area (Å²) in [6.45, 7) is 0.0632. The van der Waals surface area contributed by atoms with Crippen LogP contribution in [0.4, 0.5) is 13.2 Å². The molecule has 0 unspecified atom stereocenters. The van der Waals surface area contributed by atoms with Crippen molar-refractivity contribution in [2.45, 2.75) is 19.2 Å². The van der Waals surface area contributed by atoms with Crippen LogP contribution in [0, 0.1) is 0 Å². The van der Waals surface area contributed by atoms with Crippen molar-refractivity contribution in [1.82, 2.24) is 9.97 Å². The van der Waals surface area contributed by atoms with Crippen molar-refractivity contribution >= 4 is 27.5 Å². The maximum atomic E-state index is 12.1. The van der Waals surface area contributed by atoms with E-state index >= 15 is 0 Å². The summed E-state index contributed by atoms with van der Waals surface area (Å²) in [6, 6.07) is 0. The van der Waals surface area contributed by atoms with E-state index in [1.165, 1.54) is 7.11 Å². The number of hydrogen-bond donors (Lipinski definition) is 0. The molecule has 0 aliphatic heterocycles. The molecule has 1 rings (SSSR count). The first-order chi connectivity index (χ1) is 7.33. The van der Waals surface area contributed by atoms with E-state index < -0.39 is 12.6 Å². The summed E-state index contributed by atoms with van der Waals surface area (Å²) in [5.74, 6) is -0.368. The Balaban J connectivity index is 3.04. The van der Waals surface area contributed by atoms with E-state index in [0.29, 0.717) is 10.2 Å². The van der Waals surface area contributed by atoms with Gasteiger partial charge in [0.15, 0.2) is 0 Å². The molecule has 0 fully saturated rings. The summed E-state index contributed by atoms with van der Waals surface area (Å²) >= 11 is 8.74. The Labute approximate surface area is 103 Å². The van der Waals surface area contributed by atoms with E-state index in [0.717, 1.165) is 0 Å². The number of methoxy groups -OCH3 is 1. The van der Waals surface area contributed by atoms with Crippen molar-refractivity contribution in [3.8, 4) is 0 Å². The molecule has 0 bridgehead atoms. The Hall–Kier alpha value is -0.400. The molecule has 0 saturated carbocycles. The van der Waals surface area contributed by atoms with Crippen LogP contribution in [0.25, 0.3) is 0 Å². The second-order valence-electron chi connectivity index (χ2n) is 2.92. The van der Waals surface area contributed by atoms with Crippen LogP contribution in [0.15, 0.2) is 4.47 Å². The van der Waals surface area contributed by atoms with Crippen LogP contribution in [-0.2, 0) is 17.8 Å². The number of nitrogens with zero attached hydrogens (tertiary/aromatic N) is 2. The molecule has 0 aliphatic rings. The zero-order valence-corrected chi connectivity index (χ0v) is 10.4. The van der Waals surface area contributed by atoms with Gasteiger partial charge in [-0.25, -0.2) is 9.97 Å². The molecule has 3 nitrogen and oxygen atoms in total. The first kappa shape index (κ1) is 13.7. The van der Waals surface area contributed by atoms with Gasteiger partial charge in [0.1, 0.15) is 17.4 Å². The maximum Gasteiger partial charge on any atom is 0.396 e. The smallest absolute Gasteiger partial charge is 0.378 e. The monoisotopic (exact) mass is 318 g/mol. The van der Waals surface area contributed by atoms with E-state index in [1.54, 1.807) is 0 Å². The molecule has 1 heterocycles. The molecular formula is C8H7BrClF3N2O. The topological polar surface area (TPSA) is 35.0 Å². The van der Waals surface area contributed by atoms with Crippen molar-refractivity contribution in [1.29, 1.82) is 0 Å². The van der Waals surface area contributed by atoms with Crippen molar-refractivity contribution < 1.29 is 17.9 Å². The molecule has 90 valence electrons. The third-order valence-corrected chi connectivity index (χ3v) is 2.90. The molecule has 8 heteroatoms. The average Bonchev–Trinajstić information content (AvgIpc) is 2.11. The predicted molar refractivity (Wildman–Crippen MR) is 55.2 cm³/mol. The third-order valence-electron chi connectivity index (χ3n) is 1.57. The Morgan fingerprint density at radius 1 is 1.38 bits per heavy atom. The van der Waals surface area contributed by atoms with Crippen LogP contribution in [-0.4, -0.2) is 23.3 Å². The van der Waals surface area contributed by atoms with Gasteiger partial charge in [-0.1, -0.05) is 11.6 Å². The fraction of sp³-hybridized carbons (Fsp3) is 0.500. The van der Waals surface area contributed by atoms with Gasteiger partial charge in [0.2, 0.25) is 0 Å². The summed E-state index contributed by atoms with van der Waals surface area (Å²) < 4.78 is 41.5. The van der Waals surface area contributed by atoms with Gasteiger partial charge in [0.05, 0.1) is 16.8 Å². The van der Waals surface area contributed by atoms with Crippen LogP contribution in [0.2, 0.25) is 5.15 Å². The zero-order valence-electron chi connectivity index (χ0n) is 8.11. The molecule has 0 amide bonds. The number of rotatable bonds is 3. The lowest BCUT2D eigenvalue weighted by Gasteiger charge is -2.09. The van der Waals surface area contributed by atoms with Gasteiger partial charge in [-0.2, -0.15) is 13.2 Å². The Kier molecular flexibility index (Phi) is 4.52. The molecule has 0 radical (unpaired) electrons. The summed E-state index contributed by atoms with van der Waals surface area (Å²) in [5.41, 5.74) is 0.293. The lowest BCUT2D eigenvalue weighted by Crippen LogP contribution is -2.15. The second kappa shape index (κ2) is 5.29. The van der Waals surface area contributed by atoms with Crippen LogP contribution in [0.3, 0.4) is 0 Å². The molecular weight excluding hydrogens is 312 g/mol. The predicted octanol–water partition coefficient (Wildman–Crippen LogP) is 3.14. The Morgan fingerprint density at radius 3 is 2.50 bits per heavy atom. The largest absolute Gasteiger partial charge is 0.396 e. The molecule has 1 aromatic rings. The molecule has 0 saturated heterocycles. The van der Waals surface area contributed by atoms with E-state index in [1.807, 2.05) is 0 Å². The number of alkyl halides is 3. The highest BCUT2D eigenvalue weighted by Gasteiger charge is 2.30. The Bertz CT molecular complexity index is 386. The first-order valence-corrected chi connectivity index (χ1v) is 5.27. The van der Waals surface area contributed by atoms with E-state index in [2.05, 4.69) is 25.9 Å². The number of ether oxygens (including phenoxy) is 1. The molecule has 0 spiro atoms. The van der Waals surface area contributed by atoms with E-state index in [4.69, 9.17) is 16.3 Å². The summed E-state index contributed by atoms with van der Waals surface area (Å²) in [7, 11) is 1.41. The van der Waals surface area contributed by atoms with Gasteiger partial charge in [-0.3, -0.25) is 0 Å². The van der Waals surface area contributed by atoms with Gasteiger partial charge in [0.25, 0.3) is 0 Å². The van der Waals surface area contributed by atoms with Crippen molar-refractivity contribution in [2.24, 2.45) is 0 Å². The number of halogens is 5. The Morgan fingerprint density at radius 2 is 2.00 bits per heavy atom. The van der Waals surface area contributed by atoms with Gasteiger partial charge in [0, 0.05) is 7.11 Å². The van der Waals surface area contributed by atoms with Gasteiger partial charge >= 0.3 is 6.18 Å². The van der Waals surface area contributed by atoms with Gasteiger partial charge in [-0.05, 0) is 15.9 Å². The van der Waals surface area contributed by atoms with Crippen molar-refractivity contribution in [3.63, 3.8) is 0 Å². The highest BCUT2D eigenvalue weighted by Crippen LogP contribution is 2.26. The minimum atomic E-state index is -4.36. The third kappa shape index (κ3) is 3.88. The zero-order chi connectivity index (χ0) is 12.3. The van der Waals surface area contributed by atoms with Crippen LogP contribution < -0.4 is 0 Å². The van der Waals surface area contributed by atoms with Crippen LogP contribution in [0.5, 0.6) is 0 Å². The van der Waals surface area contributed by atoms with Crippen LogP contribution >= 0.6 is 27.5 Å².